The van der Waals surface area contributed by atoms with Crippen LogP contribution in [-0.4, -0.2) is 9.78 Å². The summed E-state index contributed by atoms with van der Waals surface area (Å²) in [4.78, 5) is 11.9. The SMILES string of the molecule is CCc1[nH]n(-c2cccc(C(F)(F)F)c2)c(=O)c1Br. The highest BCUT2D eigenvalue weighted by molar-refractivity contribution is 9.10. The van der Waals surface area contributed by atoms with E-state index in [4.69, 9.17) is 0 Å². The van der Waals surface area contributed by atoms with Gasteiger partial charge in [0.1, 0.15) is 4.47 Å². The van der Waals surface area contributed by atoms with Crippen LogP contribution >= 0.6 is 15.9 Å². The first-order chi connectivity index (χ1) is 8.84. The highest BCUT2D eigenvalue weighted by Crippen LogP contribution is 2.30. The van der Waals surface area contributed by atoms with Gasteiger partial charge in [-0.25, -0.2) is 4.68 Å². The van der Waals surface area contributed by atoms with Crippen LogP contribution in [0.5, 0.6) is 0 Å². The molecule has 0 atom stereocenters. The van der Waals surface area contributed by atoms with E-state index in [1.807, 2.05) is 6.92 Å². The maximum absolute atomic E-state index is 12.6. The van der Waals surface area contributed by atoms with Crippen LogP contribution in [0.15, 0.2) is 33.5 Å². The van der Waals surface area contributed by atoms with E-state index in [-0.39, 0.29) is 5.69 Å². The number of nitrogens with zero attached hydrogens (tertiary/aromatic N) is 1. The molecule has 1 N–H and O–H groups in total. The minimum Gasteiger partial charge on any atom is -0.294 e. The smallest absolute Gasteiger partial charge is 0.294 e. The molecule has 1 aromatic carbocycles. The summed E-state index contributed by atoms with van der Waals surface area (Å²) in [7, 11) is 0. The Kier molecular flexibility index (Phi) is 3.58. The number of alkyl halides is 3. The highest BCUT2D eigenvalue weighted by Gasteiger charge is 2.30. The molecular weight excluding hydrogens is 325 g/mol. The van der Waals surface area contributed by atoms with Crippen molar-refractivity contribution in [1.29, 1.82) is 0 Å². The minimum absolute atomic E-state index is 0.153. The van der Waals surface area contributed by atoms with Crippen LogP contribution in [0.3, 0.4) is 0 Å². The Balaban J connectivity index is 2.57. The molecule has 0 saturated heterocycles. The summed E-state index contributed by atoms with van der Waals surface area (Å²) in [6, 6.07) is 4.61. The number of benzene rings is 1. The average molecular weight is 335 g/mol. The summed E-state index contributed by atoms with van der Waals surface area (Å²) in [5.74, 6) is 0. The van der Waals surface area contributed by atoms with E-state index in [9.17, 15) is 18.0 Å². The molecular formula is C12H10BrF3N2O. The second kappa shape index (κ2) is 4.88. The van der Waals surface area contributed by atoms with Crippen molar-refractivity contribution in [2.45, 2.75) is 19.5 Å². The number of hydrogen-bond acceptors (Lipinski definition) is 1. The Bertz CT molecular complexity index is 658. The standard InChI is InChI=1S/C12H10BrF3N2O/c1-2-9-10(13)11(19)18(17-9)8-5-3-4-7(6-8)12(14,15)16/h3-6,17H,2H2,1H3. The summed E-state index contributed by atoms with van der Waals surface area (Å²) in [5, 5.41) is 2.78. The van der Waals surface area contributed by atoms with Crippen molar-refractivity contribution in [1.82, 2.24) is 9.78 Å². The van der Waals surface area contributed by atoms with Crippen LogP contribution in [0.1, 0.15) is 18.2 Å². The van der Waals surface area contributed by atoms with Gasteiger partial charge < -0.3 is 0 Å². The number of rotatable bonds is 2. The van der Waals surface area contributed by atoms with E-state index in [0.29, 0.717) is 16.6 Å². The van der Waals surface area contributed by atoms with E-state index < -0.39 is 17.3 Å². The predicted molar refractivity (Wildman–Crippen MR) is 68.5 cm³/mol. The molecule has 0 unspecified atom stereocenters. The number of hydrogen-bond donors (Lipinski definition) is 1. The predicted octanol–water partition coefficient (Wildman–Crippen LogP) is 3.51. The summed E-state index contributed by atoms with van der Waals surface area (Å²) in [6.07, 6.45) is -3.86. The summed E-state index contributed by atoms with van der Waals surface area (Å²) in [5.41, 5.74) is -0.403. The zero-order valence-corrected chi connectivity index (χ0v) is 11.5. The molecule has 1 aromatic heterocycles. The molecule has 3 nitrogen and oxygen atoms in total. The van der Waals surface area contributed by atoms with Gasteiger partial charge in [-0.1, -0.05) is 13.0 Å². The molecule has 1 heterocycles. The maximum Gasteiger partial charge on any atom is 0.416 e. The van der Waals surface area contributed by atoms with E-state index in [2.05, 4.69) is 21.0 Å². The van der Waals surface area contributed by atoms with Gasteiger partial charge in [-0.3, -0.25) is 9.89 Å². The number of H-pyrrole nitrogens is 1. The van der Waals surface area contributed by atoms with E-state index in [1.165, 1.54) is 12.1 Å². The van der Waals surface area contributed by atoms with Crippen molar-refractivity contribution in [3.05, 3.63) is 50.3 Å². The molecule has 0 radical (unpaired) electrons. The Hall–Kier alpha value is -1.50. The largest absolute Gasteiger partial charge is 0.416 e. The lowest BCUT2D eigenvalue weighted by molar-refractivity contribution is -0.137. The summed E-state index contributed by atoms with van der Waals surface area (Å²) >= 11 is 3.13. The third kappa shape index (κ3) is 2.60. The van der Waals surface area contributed by atoms with Gasteiger partial charge in [0.25, 0.3) is 5.56 Å². The number of halogens is 4. The molecule has 0 spiro atoms. The maximum atomic E-state index is 12.6. The Morgan fingerprint density at radius 2 is 2.05 bits per heavy atom. The Morgan fingerprint density at radius 1 is 1.37 bits per heavy atom. The Morgan fingerprint density at radius 3 is 2.58 bits per heavy atom. The molecule has 0 fully saturated rings. The summed E-state index contributed by atoms with van der Waals surface area (Å²) < 4.78 is 39.3. The van der Waals surface area contributed by atoms with Gasteiger partial charge in [-0.2, -0.15) is 13.2 Å². The van der Waals surface area contributed by atoms with Gasteiger partial charge in [-0.15, -0.1) is 0 Å². The van der Waals surface area contributed by atoms with E-state index in [0.717, 1.165) is 16.8 Å². The molecule has 2 rings (SSSR count). The lowest BCUT2D eigenvalue weighted by atomic mass is 10.2. The van der Waals surface area contributed by atoms with Crippen LogP contribution in [-0.2, 0) is 12.6 Å². The van der Waals surface area contributed by atoms with Crippen LogP contribution in [0.25, 0.3) is 5.69 Å². The van der Waals surface area contributed by atoms with Crippen molar-refractivity contribution in [2.24, 2.45) is 0 Å². The molecule has 0 aliphatic heterocycles. The first kappa shape index (κ1) is 13.9. The molecule has 0 aliphatic carbocycles. The fourth-order valence-corrected chi connectivity index (χ4v) is 2.25. The topological polar surface area (TPSA) is 37.8 Å². The second-order valence-corrected chi connectivity index (χ2v) is 4.74. The zero-order valence-electron chi connectivity index (χ0n) is 9.88. The second-order valence-electron chi connectivity index (χ2n) is 3.95. The van der Waals surface area contributed by atoms with Gasteiger partial charge in [-0.05, 0) is 40.5 Å². The lowest BCUT2D eigenvalue weighted by Crippen LogP contribution is -2.15. The van der Waals surface area contributed by atoms with E-state index >= 15 is 0 Å². The quantitative estimate of drug-likeness (QED) is 0.896. The van der Waals surface area contributed by atoms with Crippen molar-refractivity contribution in [2.75, 3.05) is 0 Å². The highest BCUT2D eigenvalue weighted by atomic mass is 79.9. The first-order valence-electron chi connectivity index (χ1n) is 5.51. The normalized spacial score (nSPS) is 11.8. The minimum atomic E-state index is -4.43. The van der Waals surface area contributed by atoms with Gasteiger partial charge in [0.15, 0.2) is 0 Å². The van der Waals surface area contributed by atoms with Gasteiger partial charge in [0, 0.05) is 0 Å². The molecule has 0 saturated carbocycles. The third-order valence-corrected chi connectivity index (χ3v) is 3.51. The fraction of sp³-hybridized carbons (Fsp3) is 0.250. The van der Waals surface area contributed by atoms with Crippen LogP contribution in [0.4, 0.5) is 13.2 Å². The fourth-order valence-electron chi connectivity index (χ4n) is 1.70. The molecule has 2 aromatic rings. The number of aromatic nitrogens is 2. The number of aromatic amines is 1. The van der Waals surface area contributed by atoms with Crippen molar-refractivity contribution < 1.29 is 13.2 Å². The first-order valence-corrected chi connectivity index (χ1v) is 6.31. The van der Waals surface area contributed by atoms with Gasteiger partial charge in [0.05, 0.1) is 16.9 Å². The average Bonchev–Trinajstić information content (AvgIpc) is 2.65. The molecule has 0 bridgehead atoms. The van der Waals surface area contributed by atoms with Crippen LogP contribution in [0.2, 0.25) is 0 Å². The number of nitrogens with one attached hydrogen (secondary N) is 1. The number of aryl methyl sites for hydroxylation is 1. The Labute approximate surface area is 115 Å². The van der Waals surface area contributed by atoms with Crippen LogP contribution in [0, 0.1) is 0 Å². The molecule has 0 amide bonds. The zero-order chi connectivity index (χ0) is 14.2. The van der Waals surface area contributed by atoms with Gasteiger partial charge in [0.2, 0.25) is 0 Å². The molecule has 0 aliphatic rings. The molecule has 102 valence electrons. The van der Waals surface area contributed by atoms with Crippen molar-refractivity contribution >= 4 is 15.9 Å². The van der Waals surface area contributed by atoms with E-state index in [1.54, 1.807) is 0 Å². The lowest BCUT2D eigenvalue weighted by Gasteiger charge is -2.08. The third-order valence-electron chi connectivity index (χ3n) is 2.69. The molecule has 19 heavy (non-hydrogen) atoms. The van der Waals surface area contributed by atoms with Crippen LogP contribution < -0.4 is 5.56 Å². The monoisotopic (exact) mass is 334 g/mol. The van der Waals surface area contributed by atoms with Crippen molar-refractivity contribution in [3.8, 4) is 5.69 Å². The molecule has 7 heteroatoms. The van der Waals surface area contributed by atoms with Gasteiger partial charge >= 0.3 is 6.18 Å². The van der Waals surface area contributed by atoms with Crippen molar-refractivity contribution in [3.63, 3.8) is 0 Å². The summed E-state index contributed by atoms with van der Waals surface area (Å²) in [6.45, 7) is 1.84.